The van der Waals surface area contributed by atoms with E-state index in [9.17, 15) is 0 Å². The smallest absolute Gasteiger partial charge is 0.0664 e. The van der Waals surface area contributed by atoms with Gasteiger partial charge in [-0.3, -0.25) is 4.99 Å². The molecule has 0 bridgehead atoms. The van der Waals surface area contributed by atoms with Gasteiger partial charge in [0.1, 0.15) is 0 Å². The summed E-state index contributed by atoms with van der Waals surface area (Å²) in [6.07, 6.45) is 3.09. The van der Waals surface area contributed by atoms with Crippen molar-refractivity contribution in [3.63, 3.8) is 0 Å². The van der Waals surface area contributed by atoms with Crippen LogP contribution in [0, 0.1) is 0 Å². The van der Waals surface area contributed by atoms with E-state index in [1.54, 1.807) is 11.3 Å². The van der Waals surface area contributed by atoms with Gasteiger partial charge in [0.15, 0.2) is 0 Å². The van der Waals surface area contributed by atoms with Crippen molar-refractivity contribution in [2.45, 2.75) is 26.2 Å². The molecule has 0 radical (unpaired) electrons. The van der Waals surface area contributed by atoms with Gasteiger partial charge in [-0.15, -0.1) is 11.3 Å². The quantitative estimate of drug-likeness (QED) is 0.669. The molecule has 1 heterocycles. The van der Waals surface area contributed by atoms with E-state index < -0.39 is 0 Å². The van der Waals surface area contributed by atoms with Gasteiger partial charge in [-0.2, -0.15) is 0 Å². The lowest BCUT2D eigenvalue weighted by atomic mass is 9.97. The summed E-state index contributed by atoms with van der Waals surface area (Å²) < 4.78 is 0. The second kappa shape index (κ2) is 5.78. The van der Waals surface area contributed by atoms with Crippen LogP contribution in [-0.2, 0) is 0 Å². The van der Waals surface area contributed by atoms with Crippen LogP contribution >= 0.6 is 11.3 Å². The second-order valence-electron chi connectivity index (χ2n) is 4.14. The Labute approximate surface area is 107 Å². The van der Waals surface area contributed by atoms with Crippen molar-refractivity contribution in [3.05, 3.63) is 52.2 Å². The average Bonchev–Trinajstić information content (AvgIpc) is 2.89. The Kier molecular flexibility index (Phi) is 4.10. The number of para-hydroxylation sites is 1. The van der Waals surface area contributed by atoms with Crippen LogP contribution < -0.4 is 0 Å². The molecule has 0 aliphatic rings. The molecule has 0 aliphatic heterocycles. The highest BCUT2D eigenvalue weighted by Crippen LogP contribution is 2.28. The molecular formula is C15H17NS. The van der Waals surface area contributed by atoms with E-state index in [2.05, 4.69) is 48.5 Å². The summed E-state index contributed by atoms with van der Waals surface area (Å²) in [5.74, 6) is 0.562. The maximum Gasteiger partial charge on any atom is 0.0664 e. The topological polar surface area (TPSA) is 12.4 Å². The Balaban J connectivity index is 2.26. The molecule has 0 saturated carbocycles. The van der Waals surface area contributed by atoms with Gasteiger partial charge >= 0.3 is 0 Å². The first-order valence-corrected chi connectivity index (χ1v) is 6.85. The zero-order chi connectivity index (χ0) is 12.1. The Morgan fingerprint density at radius 1 is 1.24 bits per heavy atom. The molecule has 0 unspecified atom stereocenters. The van der Waals surface area contributed by atoms with Crippen LogP contribution in [0.1, 0.15) is 36.6 Å². The summed E-state index contributed by atoms with van der Waals surface area (Å²) in [6.45, 7) is 4.46. The van der Waals surface area contributed by atoms with E-state index in [0.717, 1.165) is 12.1 Å². The lowest BCUT2D eigenvalue weighted by Gasteiger charge is -2.11. The van der Waals surface area contributed by atoms with Crippen molar-refractivity contribution in [3.8, 4) is 0 Å². The van der Waals surface area contributed by atoms with Gasteiger partial charge in [-0.25, -0.2) is 0 Å². The molecule has 2 heteroatoms. The second-order valence-corrected chi connectivity index (χ2v) is 5.12. The van der Waals surface area contributed by atoms with Gasteiger partial charge in [-0.05, 0) is 35.4 Å². The third-order valence-corrected chi connectivity index (χ3v) is 3.76. The van der Waals surface area contributed by atoms with Gasteiger partial charge in [0.25, 0.3) is 0 Å². The lowest BCUT2D eigenvalue weighted by Crippen LogP contribution is -1.91. The largest absolute Gasteiger partial charge is 0.255 e. The normalized spacial score (nSPS) is 13.1. The Bertz CT molecular complexity index is 485. The molecule has 1 aromatic heterocycles. The van der Waals surface area contributed by atoms with Gasteiger partial charge in [-0.1, -0.05) is 38.1 Å². The van der Waals surface area contributed by atoms with Crippen molar-refractivity contribution < 1.29 is 0 Å². The molecule has 0 saturated heterocycles. The average molecular weight is 243 g/mol. The maximum absolute atomic E-state index is 4.60. The molecule has 0 spiro atoms. The minimum atomic E-state index is 0.562. The Morgan fingerprint density at radius 3 is 2.76 bits per heavy atom. The fourth-order valence-electron chi connectivity index (χ4n) is 1.74. The molecule has 2 rings (SSSR count). The van der Waals surface area contributed by atoms with Crippen molar-refractivity contribution in [2.24, 2.45) is 4.99 Å². The summed E-state index contributed by atoms with van der Waals surface area (Å²) in [7, 11) is 0. The predicted molar refractivity (Wildman–Crippen MR) is 76.7 cm³/mol. The number of hydrogen-bond donors (Lipinski definition) is 0. The number of hydrogen-bond acceptors (Lipinski definition) is 2. The molecule has 0 N–H and O–H groups in total. The van der Waals surface area contributed by atoms with Crippen LogP contribution in [0.5, 0.6) is 0 Å². The molecule has 2 aromatic rings. The molecule has 1 aromatic carbocycles. The van der Waals surface area contributed by atoms with Crippen LogP contribution in [0.3, 0.4) is 0 Å². The third kappa shape index (κ3) is 3.04. The first-order chi connectivity index (χ1) is 8.31. The number of rotatable bonds is 4. The zero-order valence-electron chi connectivity index (χ0n) is 10.3. The van der Waals surface area contributed by atoms with Gasteiger partial charge in [0.2, 0.25) is 0 Å². The van der Waals surface area contributed by atoms with E-state index in [0.29, 0.717) is 5.92 Å². The highest BCUT2D eigenvalue weighted by molar-refractivity contribution is 7.11. The molecule has 0 aliphatic carbocycles. The van der Waals surface area contributed by atoms with Crippen LogP contribution in [0.15, 0.2) is 46.8 Å². The fourth-order valence-corrected chi connectivity index (χ4v) is 2.32. The Hall–Kier alpha value is -1.41. The summed E-state index contributed by atoms with van der Waals surface area (Å²) >= 11 is 1.71. The number of benzene rings is 1. The summed E-state index contributed by atoms with van der Waals surface area (Å²) in [4.78, 5) is 5.80. The number of aliphatic imine (C=N–C) groups is 1. The first-order valence-electron chi connectivity index (χ1n) is 5.97. The van der Waals surface area contributed by atoms with Crippen LogP contribution in [-0.4, -0.2) is 6.21 Å². The SMILES string of the molecule is CC[C@@H](C)c1ccccc1N=Cc1cccs1. The highest BCUT2D eigenvalue weighted by atomic mass is 32.1. The lowest BCUT2D eigenvalue weighted by molar-refractivity contribution is 0.734. The van der Waals surface area contributed by atoms with E-state index in [-0.39, 0.29) is 0 Å². The van der Waals surface area contributed by atoms with Crippen molar-refractivity contribution >= 4 is 23.2 Å². The molecule has 1 nitrogen and oxygen atoms in total. The first kappa shape index (κ1) is 12.1. The fraction of sp³-hybridized carbons (Fsp3) is 0.267. The molecule has 1 atom stereocenters. The molecule has 88 valence electrons. The minimum Gasteiger partial charge on any atom is -0.255 e. The number of thiophene rings is 1. The highest BCUT2D eigenvalue weighted by Gasteiger charge is 2.06. The zero-order valence-corrected chi connectivity index (χ0v) is 11.1. The molecule has 0 amide bonds. The van der Waals surface area contributed by atoms with Gasteiger partial charge in [0, 0.05) is 11.1 Å². The van der Waals surface area contributed by atoms with E-state index in [4.69, 9.17) is 0 Å². The predicted octanol–water partition coefficient (Wildman–Crippen LogP) is 5.01. The van der Waals surface area contributed by atoms with E-state index in [1.807, 2.05) is 18.3 Å². The molecule has 17 heavy (non-hydrogen) atoms. The van der Waals surface area contributed by atoms with Gasteiger partial charge in [0.05, 0.1) is 5.69 Å². The van der Waals surface area contributed by atoms with Crippen LogP contribution in [0.4, 0.5) is 5.69 Å². The van der Waals surface area contributed by atoms with Gasteiger partial charge < -0.3 is 0 Å². The van der Waals surface area contributed by atoms with Crippen molar-refractivity contribution in [2.75, 3.05) is 0 Å². The summed E-state index contributed by atoms with van der Waals surface area (Å²) in [6, 6.07) is 12.5. The maximum atomic E-state index is 4.60. The van der Waals surface area contributed by atoms with Crippen molar-refractivity contribution in [1.82, 2.24) is 0 Å². The Morgan fingerprint density at radius 2 is 2.06 bits per heavy atom. The van der Waals surface area contributed by atoms with Crippen molar-refractivity contribution in [1.29, 1.82) is 0 Å². The number of nitrogens with zero attached hydrogens (tertiary/aromatic N) is 1. The standard InChI is InChI=1S/C15H17NS/c1-3-12(2)14-8-4-5-9-15(14)16-11-13-7-6-10-17-13/h4-12H,3H2,1-2H3/t12-/m1/s1. The molecule has 0 fully saturated rings. The monoisotopic (exact) mass is 243 g/mol. The summed E-state index contributed by atoms with van der Waals surface area (Å²) in [5.41, 5.74) is 2.43. The summed E-state index contributed by atoms with van der Waals surface area (Å²) in [5, 5.41) is 2.07. The van der Waals surface area contributed by atoms with E-state index in [1.165, 1.54) is 10.4 Å². The molecular weight excluding hydrogens is 226 g/mol. The van der Waals surface area contributed by atoms with Crippen LogP contribution in [0.25, 0.3) is 0 Å². The third-order valence-electron chi connectivity index (χ3n) is 2.95. The van der Waals surface area contributed by atoms with Crippen LogP contribution in [0.2, 0.25) is 0 Å². The minimum absolute atomic E-state index is 0.562. The van der Waals surface area contributed by atoms with E-state index >= 15 is 0 Å².